The van der Waals surface area contributed by atoms with Crippen LogP contribution in [-0.4, -0.2) is 51.2 Å². The van der Waals surface area contributed by atoms with Crippen LogP contribution in [0.5, 0.6) is 5.75 Å². The minimum absolute atomic E-state index is 0.0367. The van der Waals surface area contributed by atoms with Crippen LogP contribution >= 0.6 is 0 Å². The zero-order chi connectivity index (χ0) is 23.7. The fourth-order valence-electron chi connectivity index (χ4n) is 2.69. The molecule has 2 aromatic carbocycles. The highest BCUT2D eigenvalue weighted by molar-refractivity contribution is 6.00. The first-order chi connectivity index (χ1) is 15.2. The molecule has 0 unspecified atom stereocenters. The van der Waals surface area contributed by atoms with Crippen LogP contribution in [0.3, 0.4) is 0 Å². The van der Waals surface area contributed by atoms with Crippen molar-refractivity contribution in [2.24, 2.45) is 0 Å². The Kier molecular flexibility index (Phi) is 8.76. The van der Waals surface area contributed by atoms with Crippen LogP contribution in [-0.2, 0) is 23.8 Å². The van der Waals surface area contributed by atoms with Crippen molar-refractivity contribution in [3.05, 3.63) is 58.7 Å². The number of carbonyl (C=O) groups is 4. The summed E-state index contributed by atoms with van der Waals surface area (Å²) in [5, 5.41) is 2.47. The summed E-state index contributed by atoms with van der Waals surface area (Å²) in [5.41, 5.74) is 2.23. The van der Waals surface area contributed by atoms with E-state index in [1.54, 1.807) is 0 Å². The number of anilines is 1. The van der Waals surface area contributed by atoms with Gasteiger partial charge in [0.15, 0.2) is 6.61 Å². The van der Waals surface area contributed by atoms with Gasteiger partial charge >= 0.3 is 17.9 Å². The molecule has 1 amide bonds. The van der Waals surface area contributed by atoms with Gasteiger partial charge in [0, 0.05) is 5.69 Å². The minimum atomic E-state index is -0.693. The highest BCUT2D eigenvalue weighted by Gasteiger charge is 2.16. The van der Waals surface area contributed by atoms with Crippen LogP contribution in [0, 0.1) is 13.8 Å². The second-order valence-electron chi connectivity index (χ2n) is 6.86. The molecule has 0 saturated carbocycles. The molecule has 9 heteroatoms. The average Bonchev–Trinajstić information content (AvgIpc) is 2.78. The summed E-state index contributed by atoms with van der Waals surface area (Å²) in [4.78, 5) is 47.7. The molecule has 0 heterocycles. The van der Waals surface area contributed by atoms with Gasteiger partial charge in [-0.1, -0.05) is 12.1 Å². The van der Waals surface area contributed by atoms with Crippen molar-refractivity contribution in [3.63, 3.8) is 0 Å². The van der Waals surface area contributed by atoms with Gasteiger partial charge in [-0.3, -0.25) is 9.59 Å². The SMILES string of the molecule is COC(=O)c1cc(NC(=O)COC(=O)CCOc2cc(C)ccc2C)cc(C(=O)OC)c1. The van der Waals surface area contributed by atoms with E-state index in [4.69, 9.17) is 9.47 Å². The van der Waals surface area contributed by atoms with E-state index in [9.17, 15) is 19.2 Å². The van der Waals surface area contributed by atoms with Crippen molar-refractivity contribution in [2.75, 3.05) is 32.8 Å². The van der Waals surface area contributed by atoms with Crippen molar-refractivity contribution < 1.29 is 38.1 Å². The average molecular weight is 443 g/mol. The molecule has 0 fully saturated rings. The van der Waals surface area contributed by atoms with E-state index in [0.717, 1.165) is 11.1 Å². The molecule has 170 valence electrons. The number of esters is 3. The van der Waals surface area contributed by atoms with Crippen LogP contribution in [0.15, 0.2) is 36.4 Å². The Labute approximate surface area is 185 Å². The highest BCUT2D eigenvalue weighted by atomic mass is 16.5. The van der Waals surface area contributed by atoms with Gasteiger partial charge in [-0.25, -0.2) is 9.59 Å². The van der Waals surface area contributed by atoms with E-state index < -0.39 is 30.4 Å². The molecule has 0 aliphatic rings. The van der Waals surface area contributed by atoms with E-state index in [1.165, 1.54) is 32.4 Å². The Balaban J connectivity index is 1.89. The maximum Gasteiger partial charge on any atom is 0.337 e. The highest BCUT2D eigenvalue weighted by Crippen LogP contribution is 2.19. The Bertz CT molecular complexity index is 981. The number of carbonyl (C=O) groups excluding carboxylic acids is 4. The Hall–Kier alpha value is -3.88. The number of ether oxygens (including phenoxy) is 4. The molecule has 0 bridgehead atoms. The first-order valence-electron chi connectivity index (χ1n) is 9.70. The summed E-state index contributed by atoms with van der Waals surface area (Å²) in [7, 11) is 2.38. The Morgan fingerprint density at radius 1 is 0.875 bits per heavy atom. The molecule has 0 aliphatic carbocycles. The monoisotopic (exact) mass is 443 g/mol. The normalized spacial score (nSPS) is 10.1. The number of hydrogen-bond acceptors (Lipinski definition) is 8. The van der Waals surface area contributed by atoms with Crippen molar-refractivity contribution in [2.45, 2.75) is 20.3 Å². The third-order valence-corrected chi connectivity index (χ3v) is 4.33. The molecule has 2 rings (SSSR count). The van der Waals surface area contributed by atoms with Gasteiger partial charge < -0.3 is 24.3 Å². The number of methoxy groups -OCH3 is 2. The largest absolute Gasteiger partial charge is 0.493 e. The lowest BCUT2D eigenvalue weighted by Crippen LogP contribution is -2.22. The number of rotatable bonds is 9. The molecular formula is C23H25NO8. The van der Waals surface area contributed by atoms with Crippen molar-refractivity contribution >= 4 is 29.5 Å². The van der Waals surface area contributed by atoms with Gasteiger partial charge in [0.25, 0.3) is 5.91 Å². The van der Waals surface area contributed by atoms with E-state index in [1.807, 2.05) is 32.0 Å². The van der Waals surface area contributed by atoms with E-state index in [-0.39, 0.29) is 29.8 Å². The van der Waals surface area contributed by atoms with Crippen molar-refractivity contribution in [3.8, 4) is 5.75 Å². The summed E-state index contributed by atoms with van der Waals surface area (Å²) in [6.07, 6.45) is -0.0367. The molecule has 9 nitrogen and oxygen atoms in total. The zero-order valence-electron chi connectivity index (χ0n) is 18.4. The van der Waals surface area contributed by atoms with Gasteiger partial charge in [-0.2, -0.15) is 0 Å². The molecule has 0 radical (unpaired) electrons. The van der Waals surface area contributed by atoms with E-state index in [0.29, 0.717) is 5.75 Å². The van der Waals surface area contributed by atoms with Gasteiger partial charge in [-0.15, -0.1) is 0 Å². The van der Waals surface area contributed by atoms with Crippen molar-refractivity contribution in [1.29, 1.82) is 0 Å². The molecule has 32 heavy (non-hydrogen) atoms. The zero-order valence-corrected chi connectivity index (χ0v) is 18.4. The smallest absolute Gasteiger partial charge is 0.337 e. The summed E-state index contributed by atoms with van der Waals surface area (Å²) in [5.74, 6) is -1.96. The van der Waals surface area contributed by atoms with E-state index >= 15 is 0 Å². The molecule has 0 aromatic heterocycles. The van der Waals surface area contributed by atoms with Gasteiger partial charge in [0.1, 0.15) is 5.75 Å². The quantitative estimate of drug-likeness (QED) is 0.464. The predicted octanol–water partition coefficient (Wildman–Crippen LogP) is 2.83. The molecular weight excluding hydrogens is 418 g/mol. The molecule has 0 spiro atoms. The molecule has 0 atom stereocenters. The fraction of sp³-hybridized carbons (Fsp3) is 0.304. The maximum absolute atomic E-state index is 12.1. The maximum atomic E-state index is 12.1. The summed E-state index contributed by atoms with van der Waals surface area (Å²) in [6, 6.07) is 9.70. The first kappa shape index (κ1) is 24.4. The van der Waals surface area contributed by atoms with Gasteiger partial charge in [0.05, 0.1) is 38.4 Å². The first-order valence-corrected chi connectivity index (χ1v) is 9.70. The number of nitrogens with one attached hydrogen (secondary N) is 1. The Morgan fingerprint density at radius 2 is 1.50 bits per heavy atom. The minimum Gasteiger partial charge on any atom is -0.493 e. The summed E-state index contributed by atoms with van der Waals surface area (Å²) < 4.78 is 19.8. The van der Waals surface area contributed by atoms with Crippen LogP contribution < -0.4 is 10.1 Å². The fourth-order valence-corrected chi connectivity index (χ4v) is 2.69. The van der Waals surface area contributed by atoms with Gasteiger partial charge in [0.2, 0.25) is 0 Å². The van der Waals surface area contributed by atoms with Crippen LogP contribution in [0.1, 0.15) is 38.3 Å². The predicted molar refractivity (Wildman–Crippen MR) is 115 cm³/mol. The summed E-state index contributed by atoms with van der Waals surface area (Å²) in [6.45, 7) is 3.40. The number of benzene rings is 2. The molecule has 0 aliphatic heterocycles. The standard InChI is InChI=1S/C23H25NO8/c1-14-5-6-15(2)19(9-14)31-8-7-21(26)32-13-20(25)24-18-11-16(22(27)29-3)10-17(12-18)23(28)30-4/h5-6,9-12H,7-8,13H2,1-4H3,(H,24,25). The van der Waals surface area contributed by atoms with E-state index in [2.05, 4.69) is 14.8 Å². The third kappa shape index (κ3) is 7.12. The Morgan fingerprint density at radius 3 is 2.09 bits per heavy atom. The second kappa shape index (κ2) is 11.5. The lowest BCUT2D eigenvalue weighted by molar-refractivity contribution is -0.147. The molecule has 0 saturated heterocycles. The number of amides is 1. The second-order valence-corrected chi connectivity index (χ2v) is 6.86. The lowest BCUT2D eigenvalue weighted by atomic mass is 10.1. The van der Waals surface area contributed by atoms with Crippen LogP contribution in [0.4, 0.5) is 5.69 Å². The lowest BCUT2D eigenvalue weighted by Gasteiger charge is -2.11. The summed E-state index contributed by atoms with van der Waals surface area (Å²) >= 11 is 0. The third-order valence-electron chi connectivity index (χ3n) is 4.33. The van der Waals surface area contributed by atoms with Crippen molar-refractivity contribution in [1.82, 2.24) is 0 Å². The van der Waals surface area contributed by atoms with Crippen LogP contribution in [0.2, 0.25) is 0 Å². The topological polar surface area (TPSA) is 117 Å². The van der Waals surface area contributed by atoms with Crippen LogP contribution in [0.25, 0.3) is 0 Å². The number of hydrogen-bond donors (Lipinski definition) is 1. The number of aryl methyl sites for hydroxylation is 2. The van der Waals surface area contributed by atoms with Gasteiger partial charge in [-0.05, 0) is 49.2 Å². The molecule has 2 aromatic rings. The molecule has 1 N–H and O–H groups in total.